The van der Waals surface area contributed by atoms with Crippen molar-refractivity contribution in [3.63, 3.8) is 0 Å². The highest BCUT2D eigenvalue weighted by Crippen LogP contribution is 2.43. The average molecular weight is 660 g/mol. The fourth-order valence-corrected chi connectivity index (χ4v) is 5.72. The first-order valence-corrected chi connectivity index (χ1v) is 19.9. The number of unbranched alkanes of at least 4 members (excludes halogenated alkanes) is 20. The van der Waals surface area contributed by atoms with E-state index >= 15 is 0 Å². The predicted octanol–water partition coefficient (Wildman–Crippen LogP) is 10.5. The van der Waals surface area contributed by atoms with Crippen molar-refractivity contribution in [3.05, 3.63) is 24.5 Å². The van der Waals surface area contributed by atoms with Crippen molar-refractivity contribution >= 4 is 13.8 Å². The summed E-state index contributed by atoms with van der Waals surface area (Å²) >= 11 is 0. The number of esters is 1. The zero-order valence-corrected chi connectivity index (χ0v) is 30.0. The number of allylic oxidation sites excluding steroid dienone is 3. The average Bonchev–Trinajstić information content (AvgIpc) is 3.02. The molecule has 0 rings (SSSR count). The molecule has 0 aliphatic rings. The number of phosphoric acid groups is 1. The molecule has 0 bridgehead atoms. The quantitative estimate of drug-likeness (QED) is 0.0227. The normalized spacial score (nSPS) is 13.9. The Morgan fingerprint density at radius 1 is 0.667 bits per heavy atom. The van der Waals surface area contributed by atoms with Crippen molar-refractivity contribution in [2.24, 2.45) is 5.73 Å². The Kier molecular flexibility index (Phi) is 33.3. The number of nitrogens with two attached hydrogens (primary N) is 1. The van der Waals surface area contributed by atoms with Crippen LogP contribution in [0.5, 0.6) is 0 Å². The SMILES string of the molecule is CCCCC/C=C\CCCCCCCC(=O)O[C@H](CO/C=C\CCCCCCCCCCCCCC)COP(=O)(O)OCCN. The van der Waals surface area contributed by atoms with Crippen molar-refractivity contribution < 1.29 is 32.8 Å². The first-order chi connectivity index (χ1) is 21.9. The number of hydrogen-bond donors (Lipinski definition) is 2. The van der Waals surface area contributed by atoms with Gasteiger partial charge in [-0.1, -0.05) is 129 Å². The number of hydrogen-bond acceptors (Lipinski definition) is 7. The number of phosphoric ester groups is 1. The van der Waals surface area contributed by atoms with Crippen LogP contribution in [0.4, 0.5) is 0 Å². The Bertz CT molecular complexity index is 747. The third kappa shape index (κ3) is 34.0. The van der Waals surface area contributed by atoms with Gasteiger partial charge in [0.15, 0.2) is 6.10 Å². The Labute approximate surface area is 276 Å². The summed E-state index contributed by atoms with van der Waals surface area (Å²) in [6.07, 6.45) is 35.6. The molecule has 0 fully saturated rings. The predicted molar refractivity (Wildman–Crippen MR) is 187 cm³/mol. The standard InChI is InChI=1S/C36H70NO7P/c1-3-5-7-9-11-13-15-17-18-20-22-24-26-28-31-41-33-35(34-43-45(39,40)42-32-30-37)44-36(38)29-27-25-23-21-19-16-14-12-10-8-6-4-2/h12,14,28,31,35H,3-11,13,15-27,29-30,32-34,37H2,1-2H3,(H,39,40)/b14-12-,31-28-/t35-/m1/s1. The second-order valence-corrected chi connectivity index (χ2v) is 13.6. The van der Waals surface area contributed by atoms with Gasteiger partial charge < -0.3 is 20.1 Å². The highest BCUT2D eigenvalue weighted by atomic mass is 31.2. The number of rotatable bonds is 35. The Hall–Kier alpha value is -1.18. The minimum atomic E-state index is -4.28. The molecule has 3 N–H and O–H groups in total. The Morgan fingerprint density at radius 2 is 1.13 bits per heavy atom. The second-order valence-electron chi connectivity index (χ2n) is 12.2. The lowest BCUT2D eigenvalue weighted by molar-refractivity contribution is -0.153. The van der Waals surface area contributed by atoms with Crippen LogP contribution in [-0.2, 0) is 27.9 Å². The van der Waals surface area contributed by atoms with Gasteiger partial charge in [0, 0.05) is 13.0 Å². The van der Waals surface area contributed by atoms with Crippen LogP contribution in [0.15, 0.2) is 24.5 Å². The molecule has 0 aliphatic heterocycles. The molecule has 266 valence electrons. The lowest BCUT2D eigenvalue weighted by Gasteiger charge is -2.19. The molecule has 0 aromatic heterocycles. The van der Waals surface area contributed by atoms with E-state index < -0.39 is 13.9 Å². The van der Waals surface area contributed by atoms with Crippen molar-refractivity contribution in [3.8, 4) is 0 Å². The van der Waals surface area contributed by atoms with Crippen molar-refractivity contribution in [2.45, 2.75) is 174 Å². The molecule has 0 amide bonds. The van der Waals surface area contributed by atoms with Gasteiger partial charge in [0.05, 0.1) is 19.5 Å². The maximum atomic E-state index is 12.5. The molecule has 0 saturated heterocycles. The smallest absolute Gasteiger partial charge is 0.472 e. The molecule has 45 heavy (non-hydrogen) atoms. The molecular weight excluding hydrogens is 589 g/mol. The fourth-order valence-electron chi connectivity index (χ4n) is 4.96. The van der Waals surface area contributed by atoms with E-state index in [2.05, 4.69) is 26.0 Å². The van der Waals surface area contributed by atoms with Crippen LogP contribution in [0.25, 0.3) is 0 Å². The molecule has 0 spiro atoms. The molecule has 9 heteroatoms. The van der Waals surface area contributed by atoms with Crippen molar-refractivity contribution in [1.82, 2.24) is 0 Å². The summed E-state index contributed by atoms with van der Waals surface area (Å²) in [6.45, 7) is 4.20. The molecule has 1 unspecified atom stereocenters. The summed E-state index contributed by atoms with van der Waals surface area (Å²) in [6, 6.07) is 0. The molecule has 8 nitrogen and oxygen atoms in total. The van der Waals surface area contributed by atoms with E-state index in [1.54, 1.807) is 6.26 Å². The highest BCUT2D eigenvalue weighted by molar-refractivity contribution is 7.47. The van der Waals surface area contributed by atoms with Crippen molar-refractivity contribution in [2.75, 3.05) is 26.4 Å². The molecule has 0 aliphatic carbocycles. The van der Waals surface area contributed by atoms with E-state index in [0.29, 0.717) is 6.42 Å². The lowest BCUT2D eigenvalue weighted by atomic mass is 10.0. The highest BCUT2D eigenvalue weighted by Gasteiger charge is 2.25. The lowest BCUT2D eigenvalue weighted by Crippen LogP contribution is -2.27. The summed E-state index contributed by atoms with van der Waals surface area (Å²) in [4.78, 5) is 22.3. The molecule has 0 aromatic rings. The van der Waals surface area contributed by atoms with Gasteiger partial charge in [0.1, 0.15) is 6.61 Å². The van der Waals surface area contributed by atoms with Gasteiger partial charge in [0.25, 0.3) is 0 Å². The van der Waals surface area contributed by atoms with Gasteiger partial charge in [-0.3, -0.25) is 13.8 Å². The van der Waals surface area contributed by atoms with Gasteiger partial charge >= 0.3 is 13.8 Å². The van der Waals surface area contributed by atoms with E-state index in [-0.39, 0.29) is 32.3 Å². The summed E-state index contributed by atoms with van der Waals surface area (Å²) in [5, 5.41) is 0. The van der Waals surface area contributed by atoms with Gasteiger partial charge in [-0.05, 0) is 51.0 Å². The molecular formula is C36H70NO7P. The molecule has 2 atom stereocenters. The largest absolute Gasteiger partial charge is 0.498 e. The van der Waals surface area contributed by atoms with Gasteiger partial charge in [-0.2, -0.15) is 0 Å². The van der Waals surface area contributed by atoms with Gasteiger partial charge in [-0.25, -0.2) is 4.57 Å². The van der Waals surface area contributed by atoms with E-state index in [9.17, 15) is 14.3 Å². The minimum absolute atomic E-state index is 0.0313. The maximum Gasteiger partial charge on any atom is 0.472 e. The second kappa shape index (κ2) is 34.2. The Morgan fingerprint density at radius 3 is 1.69 bits per heavy atom. The first kappa shape index (κ1) is 43.8. The van der Waals surface area contributed by atoms with Crippen LogP contribution in [0, 0.1) is 0 Å². The topological polar surface area (TPSA) is 117 Å². The summed E-state index contributed by atoms with van der Waals surface area (Å²) in [5.41, 5.74) is 5.34. The van der Waals surface area contributed by atoms with E-state index in [4.69, 9.17) is 24.3 Å². The molecule has 0 heterocycles. The van der Waals surface area contributed by atoms with E-state index in [1.165, 1.54) is 103 Å². The number of carbonyl (C=O) groups excluding carboxylic acids is 1. The monoisotopic (exact) mass is 659 g/mol. The third-order valence-electron chi connectivity index (χ3n) is 7.69. The maximum absolute atomic E-state index is 12.5. The molecule has 0 aromatic carbocycles. The Balaban J connectivity index is 4.17. The number of ether oxygens (including phenoxy) is 2. The fraction of sp³-hybridized carbons (Fsp3) is 0.861. The van der Waals surface area contributed by atoms with Crippen LogP contribution in [0.3, 0.4) is 0 Å². The molecule has 0 radical (unpaired) electrons. The van der Waals surface area contributed by atoms with Crippen molar-refractivity contribution in [1.29, 1.82) is 0 Å². The first-order valence-electron chi connectivity index (χ1n) is 18.4. The number of carbonyl (C=O) groups is 1. The minimum Gasteiger partial charge on any atom is -0.498 e. The van der Waals surface area contributed by atoms with Gasteiger partial charge in [-0.15, -0.1) is 0 Å². The zero-order valence-electron chi connectivity index (χ0n) is 29.1. The van der Waals surface area contributed by atoms with E-state index in [1.807, 2.05) is 6.08 Å². The van der Waals surface area contributed by atoms with Crippen LogP contribution >= 0.6 is 7.82 Å². The molecule has 0 saturated carbocycles. The van der Waals surface area contributed by atoms with Crippen LogP contribution < -0.4 is 5.73 Å². The summed E-state index contributed by atoms with van der Waals surface area (Å²) < 4.78 is 33.0. The third-order valence-corrected chi connectivity index (χ3v) is 8.67. The zero-order chi connectivity index (χ0) is 33.1. The van der Waals surface area contributed by atoms with Crippen LogP contribution in [0.1, 0.15) is 168 Å². The van der Waals surface area contributed by atoms with Gasteiger partial charge in [0.2, 0.25) is 0 Å². The van der Waals surface area contributed by atoms with Crippen LogP contribution in [-0.4, -0.2) is 43.3 Å². The summed E-state index contributed by atoms with van der Waals surface area (Å²) in [5.74, 6) is -0.363. The van der Waals surface area contributed by atoms with E-state index in [0.717, 1.165) is 44.9 Å². The van der Waals surface area contributed by atoms with Crippen LogP contribution in [0.2, 0.25) is 0 Å². The summed E-state index contributed by atoms with van der Waals surface area (Å²) in [7, 11) is -4.28.